The van der Waals surface area contributed by atoms with Crippen molar-refractivity contribution < 1.29 is 13.2 Å². The first-order valence-corrected chi connectivity index (χ1v) is 4.98. The number of aliphatic imine (C=N–C) groups is 1. The molecule has 0 fully saturated rings. The highest BCUT2D eigenvalue weighted by molar-refractivity contribution is 5.82. The van der Waals surface area contributed by atoms with E-state index in [0.29, 0.717) is 0 Å². The Balaban J connectivity index is 2.67. The van der Waals surface area contributed by atoms with Crippen LogP contribution in [0.1, 0.15) is 20.3 Å². The van der Waals surface area contributed by atoms with Crippen LogP contribution in [0.15, 0.2) is 16.8 Å². The minimum absolute atomic E-state index is 0.124. The van der Waals surface area contributed by atoms with Gasteiger partial charge in [0.25, 0.3) is 0 Å². The summed E-state index contributed by atoms with van der Waals surface area (Å²) in [6, 6.07) is 0.124. The van der Waals surface area contributed by atoms with Crippen LogP contribution >= 0.6 is 0 Å². The molecule has 7 heteroatoms. The Kier molecular flexibility index (Phi) is 3.79. The summed E-state index contributed by atoms with van der Waals surface area (Å²) >= 11 is 0. The molecule has 0 aromatic rings. The van der Waals surface area contributed by atoms with E-state index in [0.717, 1.165) is 12.6 Å². The summed E-state index contributed by atoms with van der Waals surface area (Å²) < 4.78 is 37.1. The number of guanidine groups is 1. The summed E-state index contributed by atoms with van der Waals surface area (Å²) in [5.74, 6) is 0.273. The van der Waals surface area contributed by atoms with E-state index in [9.17, 15) is 13.2 Å². The Morgan fingerprint density at radius 3 is 2.69 bits per heavy atom. The average molecular weight is 236 g/mol. The van der Waals surface area contributed by atoms with E-state index in [2.05, 4.69) is 15.6 Å². The van der Waals surface area contributed by atoms with Gasteiger partial charge in [-0.15, -0.1) is 0 Å². The van der Waals surface area contributed by atoms with Gasteiger partial charge in [0.1, 0.15) is 6.17 Å². The summed E-state index contributed by atoms with van der Waals surface area (Å²) in [6.07, 6.45) is -4.13. The normalized spacial score (nSPS) is 23.0. The van der Waals surface area contributed by atoms with E-state index >= 15 is 0 Å². The highest BCUT2D eigenvalue weighted by atomic mass is 19.4. The van der Waals surface area contributed by atoms with E-state index in [1.807, 2.05) is 13.8 Å². The van der Waals surface area contributed by atoms with Crippen molar-refractivity contribution in [2.75, 3.05) is 0 Å². The fraction of sp³-hybridized carbons (Fsp3) is 0.667. The maximum atomic E-state index is 12.4. The van der Waals surface area contributed by atoms with Crippen LogP contribution in [0, 0.1) is 0 Å². The van der Waals surface area contributed by atoms with Gasteiger partial charge in [-0.2, -0.15) is 13.2 Å². The predicted molar refractivity (Wildman–Crippen MR) is 55.6 cm³/mol. The molecule has 0 saturated heterocycles. The maximum Gasteiger partial charge on any atom is 0.417 e. The zero-order chi connectivity index (χ0) is 12.3. The molecule has 1 aliphatic rings. The number of alkyl halides is 3. The first kappa shape index (κ1) is 12.8. The van der Waals surface area contributed by atoms with Gasteiger partial charge in [-0.05, 0) is 13.3 Å². The van der Waals surface area contributed by atoms with Crippen molar-refractivity contribution in [3.8, 4) is 0 Å². The molecule has 0 spiro atoms. The molecule has 0 aromatic carbocycles. The van der Waals surface area contributed by atoms with Gasteiger partial charge in [-0.1, -0.05) is 6.92 Å². The lowest BCUT2D eigenvalue weighted by Crippen LogP contribution is -2.46. The monoisotopic (exact) mass is 236 g/mol. The Morgan fingerprint density at radius 2 is 2.25 bits per heavy atom. The van der Waals surface area contributed by atoms with Crippen LogP contribution < -0.4 is 16.4 Å². The zero-order valence-electron chi connectivity index (χ0n) is 9.10. The van der Waals surface area contributed by atoms with Crippen LogP contribution in [0.25, 0.3) is 0 Å². The number of hydrogen-bond acceptors (Lipinski definition) is 4. The first-order chi connectivity index (χ1) is 7.34. The van der Waals surface area contributed by atoms with Gasteiger partial charge in [-0.25, -0.2) is 4.99 Å². The van der Waals surface area contributed by atoms with Gasteiger partial charge < -0.3 is 16.4 Å². The van der Waals surface area contributed by atoms with Crippen LogP contribution in [0.2, 0.25) is 0 Å². The number of nitrogens with one attached hydrogen (secondary N) is 2. The van der Waals surface area contributed by atoms with Gasteiger partial charge >= 0.3 is 6.18 Å². The standard InChI is InChI=1S/C9H15F3N4/c1-3-5(2)15-8-14-4-6(7(13)16-8)9(10,11)12/h4-5,7H,3,13H2,1-2H3,(H2,14,15,16)/t5-,7?/m0/s1. The van der Waals surface area contributed by atoms with E-state index in [-0.39, 0.29) is 12.0 Å². The van der Waals surface area contributed by atoms with Crippen molar-refractivity contribution in [1.29, 1.82) is 0 Å². The number of nitrogens with two attached hydrogens (primary N) is 1. The fourth-order valence-electron chi connectivity index (χ4n) is 1.14. The Hall–Kier alpha value is -1.24. The molecule has 1 unspecified atom stereocenters. The van der Waals surface area contributed by atoms with Crippen LogP contribution in [0.5, 0.6) is 0 Å². The molecule has 0 bridgehead atoms. The Bertz CT molecular complexity index is 308. The van der Waals surface area contributed by atoms with Crippen LogP contribution in [0.3, 0.4) is 0 Å². The van der Waals surface area contributed by atoms with Gasteiger partial charge in [0.15, 0.2) is 5.96 Å². The number of nitrogens with zero attached hydrogens (tertiary/aromatic N) is 1. The smallest absolute Gasteiger partial charge is 0.354 e. The largest absolute Gasteiger partial charge is 0.417 e. The third kappa shape index (κ3) is 3.13. The van der Waals surface area contributed by atoms with Crippen molar-refractivity contribution in [3.05, 3.63) is 11.8 Å². The summed E-state index contributed by atoms with van der Waals surface area (Å²) in [5, 5.41) is 5.37. The first-order valence-electron chi connectivity index (χ1n) is 4.98. The van der Waals surface area contributed by atoms with Gasteiger partial charge in [-0.3, -0.25) is 0 Å². The third-order valence-electron chi connectivity index (χ3n) is 2.27. The minimum Gasteiger partial charge on any atom is -0.354 e. The minimum atomic E-state index is -4.45. The lowest BCUT2D eigenvalue weighted by Gasteiger charge is -2.24. The SMILES string of the molecule is CC[C@H](C)NC1=NC(N)C(C(F)(F)F)=CN1. The van der Waals surface area contributed by atoms with Crippen LogP contribution in [0.4, 0.5) is 13.2 Å². The van der Waals surface area contributed by atoms with Crippen LogP contribution in [-0.4, -0.2) is 24.3 Å². The third-order valence-corrected chi connectivity index (χ3v) is 2.27. The Labute approximate surface area is 91.8 Å². The second kappa shape index (κ2) is 4.73. The molecule has 1 rings (SSSR count). The lowest BCUT2D eigenvalue weighted by molar-refractivity contribution is -0.0958. The average Bonchev–Trinajstić information content (AvgIpc) is 2.15. The summed E-state index contributed by atoms with van der Waals surface area (Å²) in [5.41, 5.74) is 4.44. The summed E-state index contributed by atoms with van der Waals surface area (Å²) in [7, 11) is 0. The molecule has 1 heterocycles. The highest BCUT2D eigenvalue weighted by Crippen LogP contribution is 2.28. The molecule has 0 aromatic heterocycles. The van der Waals surface area contributed by atoms with E-state index in [1.54, 1.807) is 0 Å². The van der Waals surface area contributed by atoms with Gasteiger partial charge in [0.05, 0.1) is 5.57 Å². The highest BCUT2D eigenvalue weighted by Gasteiger charge is 2.39. The maximum absolute atomic E-state index is 12.4. The number of hydrogen-bond donors (Lipinski definition) is 3. The van der Waals surface area contributed by atoms with E-state index in [1.165, 1.54) is 0 Å². The van der Waals surface area contributed by atoms with E-state index in [4.69, 9.17) is 5.73 Å². The van der Waals surface area contributed by atoms with Crippen molar-refractivity contribution in [2.24, 2.45) is 10.7 Å². The molecule has 0 saturated carbocycles. The summed E-state index contributed by atoms with van der Waals surface area (Å²) in [4.78, 5) is 3.70. The molecule has 4 N–H and O–H groups in total. The second-order valence-electron chi connectivity index (χ2n) is 3.62. The molecule has 92 valence electrons. The van der Waals surface area contributed by atoms with E-state index < -0.39 is 17.9 Å². The molecule has 4 nitrogen and oxygen atoms in total. The lowest BCUT2D eigenvalue weighted by atomic mass is 10.2. The zero-order valence-corrected chi connectivity index (χ0v) is 9.10. The number of halogens is 3. The predicted octanol–water partition coefficient (Wildman–Crippen LogP) is 1.06. The van der Waals surface area contributed by atoms with Crippen molar-refractivity contribution in [3.63, 3.8) is 0 Å². The summed E-state index contributed by atoms with van der Waals surface area (Å²) in [6.45, 7) is 3.86. The molecule has 0 amide bonds. The number of rotatable bonds is 2. The van der Waals surface area contributed by atoms with Crippen molar-refractivity contribution in [2.45, 2.75) is 38.7 Å². The second-order valence-corrected chi connectivity index (χ2v) is 3.62. The van der Waals surface area contributed by atoms with Gasteiger partial charge in [0.2, 0.25) is 0 Å². The van der Waals surface area contributed by atoms with Crippen LogP contribution in [-0.2, 0) is 0 Å². The van der Waals surface area contributed by atoms with Gasteiger partial charge in [0, 0.05) is 12.2 Å². The molecule has 16 heavy (non-hydrogen) atoms. The fourth-order valence-corrected chi connectivity index (χ4v) is 1.14. The quantitative estimate of drug-likeness (QED) is 0.672. The van der Waals surface area contributed by atoms with Crippen molar-refractivity contribution in [1.82, 2.24) is 10.6 Å². The molecule has 0 radical (unpaired) electrons. The van der Waals surface area contributed by atoms with Crippen molar-refractivity contribution >= 4 is 5.96 Å². The molecule has 1 aliphatic heterocycles. The molecule has 2 atom stereocenters. The molecular weight excluding hydrogens is 221 g/mol. The molecule has 0 aliphatic carbocycles. The Morgan fingerprint density at radius 1 is 1.62 bits per heavy atom. The topological polar surface area (TPSA) is 62.4 Å². The molecular formula is C9H15F3N4.